The Kier molecular flexibility index (Phi) is 3.57. The molecular weight excluding hydrogens is 236 g/mol. The first-order valence-corrected chi connectivity index (χ1v) is 5.78. The summed E-state index contributed by atoms with van der Waals surface area (Å²) in [6, 6.07) is 5.87. The lowest BCUT2D eigenvalue weighted by molar-refractivity contribution is -0.384. The van der Waals surface area contributed by atoms with Crippen molar-refractivity contribution in [3.63, 3.8) is 0 Å². The molecule has 0 bridgehead atoms. The van der Waals surface area contributed by atoms with Gasteiger partial charge in [0.25, 0.3) is 5.69 Å². The Bertz CT molecular complexity index is 475. The number of carboxylic acids is 1. The molecule has 1 fully saturated rings. The number of likely N-dealkylation sites (tertiary alicyclic amines) is 1. The third kappa shape index (κ3) is 2.65. The van der Waals surface area contributed by atoms with Crippen molar-refractivity contribution in [2.75, 3.05) is 6.54 Å². The van der Waals surface area contributed by atoms with Crippen LogP contribution >= 0.6 is 0 Å². The van der Waals surface area contributed by atoms with Crippen LogP contribution in [0.4, 0.5) is 5.69 Å². The van der Waals surface area contributed by atoms with Crippen LogP contribution in [0.2, 0.25) is 0 Å². The molecule has 1 N–H and O–H groups in total. The minimum absolute atomic E-state index is 0.0403. The maximum atomic E-state index is 11.0. The molecule has 2 rings (SSSR count). The Hall–Kier alpha value is -1.95. The highest BCUT2D eigenvalue weighted by Gasteiger charge is 2.30. The van der Waals surface area contributed by atoms with Crippen LogP contribution in [-0.4, -0.2) is 33.5 Å². The van der Waals surface area contributed by atoms with E-state index in [0.717, 1.165) is 18.5 Å². The standard InChI is InChI=1S/C12H14N2O4/c15-12(16)11-5-2-6-13(11)8-9-3-1-4-10(7-9)14(17)18/h1,3-4,7,11H,2,5-6,8H2,(H,15,16)/t11-/m0/s1. The summed E-state index contributed by atoms with van der Waals surface area (Å²) in [5.41, 5.74) is 0.816. The second kappa shape index (κ2) is 5.14. The average Bonchev–Trinajstić information content (AvgIpc) is 2.77. The van der Waals surface area contributed by atoms with Gasteiger partial charge in [-0.3, -0.25) is 19.8 Å². The van der Waals surface area contributed by atoms with Crippen LogP contribution in [0, 0.1) is 10.1 Å². The summed E-state index contributed by atoms with van der Waals surface area (Å²) < 4.78 is 0. The topological polar surface area (TPSA) is 83.7 Å². The van der Waals surface area contributed by atoms with Gasteiger partial charge in [-0.25, -0.2) is 0 Å². The van der Waals surface area contributed by atoms with Crippen LogP contribution in [0.5, 0.6) is 0 Å². The molecule has 1 aromatic carbocycles. The van der Waals surface area contributed by atoms with Crippen molar-refractivity contribution in [3.8, 4) is 0 Å². The molecule has 1 heterocycles. The van der Waals surface area contributed by atoms with Gasteiger partial charge in [0.05, 0.1) is 4.92 Å². The molecule has 1 aliphatic heterocycles. The smallest absolute Gasteiger partial charge is 0.320 e. The fourth-order valence-corrected chi connectivity index (χ4v) is 2.30. The number of carboxylic acid groups (broad SMARTS) is 1. The highest BCUT2D eigenvalue weighted by Crippen LogP contribution is 2.22. The zero-order valence-corrected chi connectivity index (χ0v) is 9.78. The predicted molar refractivity (Wildman–Crippen MR) is 64.2 cm³/mol. The highest BCUT2D eigenvalue weighted by atomic mass is 16.6. The fourth-order valence-electron chi connectivity index (χ4n) is 2.30. The molecule has 6 heteroatoms. The zero-order valence-electron chi connectivity index (χ0n) is 9.78. The van der Waals surface area contributed by atoms with E-state index in [4.69, 9.17) is 5.11 Å². The summed E-state index contributed by atoms with van der Waals surface area (Å²) in [5.74, 6) is -0.821. The van der Waals surface area contributed by atoms with E-state index in [1.807, 2.05) is 4.90 Å². The zero-order chi connectivity index (χ0) is 13.1. The van der Waals surface area contributed by atoms with E-state index in [2.05, 4.69) is 0 Å². The molecule has 18 heavy (non-hydrogen) atoms. The lowest BCUT2D eigenvalue weighted by Crippen LogP contribution is -2.35. The van der Waals surface area contributed by atoms with Gasteiger partial charge in [0, 0.05) is 18.7 Å². The average molecular weight is 250 g/mol. The summed E-state index contributed by atoms with van der Waals surface area (Å²) in [4.78, 5) is 23.1. The number of carbonyl (C=O) groups is 1. The summed E-state index contributed by atoms with van der Waals surface area (Å²) in [6.07, 6.45) is 1.50. The van der Waals surface area contributed by atoms with Gasteiger partial charge in [-0.15, -0.1) is 0 Å². The van der Waals surface area contributed by atoms with Crippen molar-refractivity contribution >= 4 is 11.7 Å². The van der Waals surface area contributed by atoms with Crippen molar-refractivity contribution in [3.05, 3.63) is 39.9 Å². The number of non-ortho nitro benzene ring substituents is 1. The van der Waals surface area contributed by atoms with E-state index < -0.39 is 16.9 Å². The molecule has 1 saturated heterocycles. The van der Waals surface area contributed by atoms with Gasteiger partial charge < -0.3 is 5.11 Å². The molecule has 0 aromatic heterocycles. The molecular formula is C12H14N2O4. The first-order chi connectivity index (χ1) is 8.58. The second-order valence-corrected chi connectivity index (χ2v) is 4.39. The van der Waals surface area contributed by atoms with Crippen molar-refractivity contribution in [2.45, 2.75) is 25.4 Å². The van der Waals surface area contributed by atoms with Crippen LogP contribution in [0.25, 0.3) is 0 Å². The number of hydrogen-bond donors (Lipinski definition) is 1. The van der Waals surface area contributed by atoms with E-state index in [-0.39, 0.29) is 5.69 Å². The number of nitrogens with zero attached hydrogens (tertiary/aromatic N) is 2. The van der Waals surface area contributed by atoms with Crippen molar-refractivity contribution in [1.82, 2.24) is 4.90 Å². The maximum Gasteiger partial charge on any atom is 0.320 e. The monoisotopic (exact) mass is 250 g/mol. The minimum Gasteiger partial charge on any atom is -0.480 e. The predicted octanol–water partition coefficient (Wildman–Crippen LogP) is 1.64. The Morgan fingerprint density at radius 1 is 1.56 bits per heavy atom. The fraction of sp³-hybridized carbons (Fsp3) is 0.417. The van der Waals surface area contributed by atoms with E-state index in [0.29, 0.717) is 13.0 Å². The third-order valence-corrected chi connectivity index (χ3v) is 3.16. The van der Waals surface area contributed by atoms with Crippen LogP contribution in [0.1, 0.15) is 18.4 Å². The van der Waals surface area contributed by atoms with E-state index in [1.165, 1.54) is 12.1 Å². The molecule has 0 spiro atoms. The third-order valence-electron chi connectivity index (χ3n) is 3.16. The van der Waals surface area contributed by atoms with E-state index >= 15 is 0 Å². The highest BCUT2D eigenvalue weighted by molar-refractivity contribution is 5.73. The minimum atomic E-state index is -0.821. The molecule has 0 aliphatic carbocycles. The lowest BCUT2D eigenvalue weighted by Gasteiger charge is -2.20. The van der Waals surface area contributed by atoms with Crippen molar-refractivity contribution in [2.24, 2.45) is 0 Å². The Morgan fingerprint density at radius 3 is 3.00 bits per heavy atom. The van der Waals surface area contributed by atoms with Gasteiger partial charge in [-0.1, -0.05) is 12.1 Å². The van der Waals surface area contributed by atoms with Gasteiger partial charge in [0.15, 0.2) is 0 Å². The number of hydrogen-bond acceptors (Lipinski definition) is 4. The van der Waals surface area contributed by atoms with Gasteiger partial charge >= 0.3 is 5.97 Å². The molecule has 1 aromatic rings. The van der Waals surface area contributed by atoms with Gasteiger partial charge in [-0.2, -0.15) is 0 Å². The number of rotatable bonds is 4. The van der Waals surface area contributed by atoms with Crippen LogP contribution in [-0.2, 0) is 11.3 Å². The van der Waals surface area contributed by atoms with Crippen molar-refractivity contribution < 1.29 is 14.8 Å². The van der Waals surface area contributed by atoms with Gasteiger partial charge in [0.2, 0.25) is 0 Å². The van der Waals surface area contributed by atoms with Gasteiger partial charge in [-0.05, 0) is 24.9 Å². The maximum absolute atomic E-state index is 11.0. The second-order valence-electron chi connectivity index (χ2n) is 4.39. The quantitative estimate of drug-likeness (QED) is 0.648. The van der Waals surface area contributed by atoms with Crippen LogP contribution in [0.3, 0.4) is 0 Å². The summed E-state index contributed by atoms with van der Waals surface area (Å²) in [7, 11) is 0. The van der Waals surface area contributed by atoms with Crippen molar-refractivity contribution in [1.29, 1.82) is 0 Å². The molecule has 6 nitrogen and oxygen atoms in total. The Morgan fingerprint density at radius 2 is 2.33 bits per heavy atom. The SMILES string of the molecule is O=C(O)[C@@H]1CCCN1Cc1cccc([N+](=O)[O-])c1. The molecule has 0 saturated carbocycles. The molecule has 0 radical (unpaired) electrons. The summed E-state index contributed by atoms with van der Waals surface area (Å²) in [5, 5.41) is 19.7. The number of benzene rings is 1. The molecule has 0 unspecified atom stereocenters. The Balaban J connectivity index is 2.11. The number of nitro benzene ring substituents is 1. The molecule has 0 amide bonds. The largest absolute Gasteiger partial charge is 0.480 e. The molecule has 96 valence electrons. The normalized spacial score (nSPS) is 19.9. The first-order valence-electron chi connectivity index (χ1n) is 5.78. The summed E-state index contributed by atoms with van der Waals surface area (Å²) >= 11 is 0. The van der Waals surface area contributed by atoms with Gasteiger partial charge in [0.1, 0.15) is 6.04 Å². The van der Waals surface area contributed by atoms with E-state index in [9.17, 15) is 14.9 Å². The lowest BCUT2D eigenvalue weighted by atomic mass is 10.1. The first kappa shape index (κ1) is 12.5. The Labute approximate surface area is 104 Å². The number of nitro groups is 1. The molecule has 1 aliphatic rings. The number of aliphatic carboxylic acids is 1. The van der Waals surface area contributed by atoms with Crippen LogP contribution < -0.4 is 0 Å². The molecule has 1 atom stereocenters. The van der Waals surface area contributed by atoms with Crippen LogP contribution in [0.15, 0.2) is 24.3 Å². The summed E-state index contributed by atoms with van der Waals surface area (Å²) in [6.45, 7) is 1.16. The van der Waals surface area contributed by atoms with E-state index in [1.54, 1.807) is 12.1 Å².